The Bertz CT molecular complexity index is 788. The zero-order chi connectivity index (χ0) is 17.0. The van der Waals surface area contributed by atoms with Crippen LogP contribution in [0.2, 0.25) is 0 Å². The molecule has 0 saturated heterocycles. The minimum atomic E-state index is -0.711. The molecule has 0 radical (unpaired) electrons. The first-order chi connectivity index (χ1) is 10.7. The second kappa shape index (κ2) is 5.19. The van der Waals surface area contributed by atoms with Gasteiger partial charge in [0.05, 0.1) is 5.41 Å². The van der Waals surface area contributed by atoms with Gasteiger partial charge in [0.2, 0.25) is 0 Å². The highest BCUT2D eigenvalue weighted by Crippen LogP contribution is 2.54. The molecule has 0 unspecified atom stereocenters. The number of nitrogen functional groups attached to an aromatic ring is 1. The van der Waals surface area contributed by atoms with Gasteiger partial charge >= 0.3 is 5.97 Å². The van der Waals surface area contributed by atoms with Gasteiger partial charge in [-0.3, -0.25) is 9.20 Å². The van der Waals surface area contributed by atoms with Crippen LogP contribution in [-0.4, -0.2) is 25.4 Å². The number of imidazole rings is 1. The van der Waals surface area contributed by atoms with Crippen LogP contribution in [0, 0.1) is 11.3 Å². The number of aromatic nitrogens is 3. The third-order valence-corrected chi connectivity index (χ3v) is 5.99. The van der Waals surface area contributed by atoms with Crippen molar-refractivity contribution < 1.29 is 9.90 Å². The molecule has 3 rings (SSSR count). The number of hydrogen-bond donors (Lipinski definition) is 2. The molecule has 2 atom stereocenters. The highest BCUT2D eigenvalue weighted by atomic mass is 79.9. The first kappa shape index (κ1) is 16.2. The fourth-order valence-electron chi connectivity index (χ4n) is 3.93. The largest absolute Gasteiger partial charge is 0.481 e. The fraction of sp³-hybridized carbons (Fsp3) is 0.562. The minimum Gasteiger partial charge on any atom is -0.481 e. The lowest BCUT2D eigenvalue weighted by atomic mass is 9.73. The Morgan fingerprint density at radius 2 is 2.17 bits per heavy atom. The van der Waals surface area contributed by atoms with Crippen LogP contribution in [0.1, 0.15) is 45.9 Å². The third kappa shape index (κ3) is 2.24. The number of anilines is 1. The Labute approximate surface area is 143 Å². The highest BCUT2D eigenvalue weighted by Gasteiger charge is 2.54. The second-order valence-electron chi connectivity index (χ2n) is 7.11. The van der Waals surface area contributed by atoms with Gasteiger partial charge in [-0.25, -0.2) is 9.97 Å². The number of nitrogens with two attached hydrogens (primary N) is 1. The summed E-state index contributed by atoms with van der Waals surface area (Å²) in [5.74, 6) is 0.617. The molecule has 124 valence electrons. The molecule has 3 N–H and O–H groups in total. The van der Waals surface area contributed by atoms with E-state index in [1.54, 1.807) is 6.20 Å². The van der Waals surface area contributed by atoms with E-state index < -0.39 is 11.4 Å². The van der Waals surface area contributed by atoms with Crippen LogP contribution in [0.3, 0.4) is 0 Å². The van der Waals surface area contributed by atoms with Crippen LogP contribution < -0.4 is 5.73 Å². The summed E-state index contributed by atoms with van der Waals surface area (Å²) in [6, 6.07) is 0. The number of nitrogens with zero attached hydrogens (tertiary/aromatic N) is 3. The fourth-order valence-corrected chi connectivity index (χ4v) is 4.49. The number of rotatable bonds is 3. The molecular formula is C16H21BrN4O2. The summed E-state index contributed by atoms with van der Waals surface area (Å²) in [6.45, 7) is 6.07. The molecule has 0 spiro atoms. The maximum Gasteiger partial charge on any atom is 0.309 e. The lowest BCUT2D eigenvalue weighted by molar-refractivity contribution is -0.151. The van der Waals surface area contributed by atoms with Crippen LogP contribution in [0.25, 0.3) is 5.52 Å². The molecule has 1 aliphatic rings. The molecule has 2 aromatic rings. The average molecular weight is 381 g/mol. The summed E-state index contributed by atoms with van der Waals surface area (Å²) in [6.07, 6.45) is 5.49. The van der Waals surface area contributed by atoms with E-state index >= 15 is 0 Å². The van der Waals surface area contributed by atoms with Gasteiger partial charge in [-0.2, -0.15) is 0 Å². The summed E-state index contributed by atoms with van der Waals surface area (Å²) >= 11 is 3.46. The molecule has 6 nitrogen and oxygen atoms in total. The predicted molar refractivity (Wildman–Crippen MR) is 91.2 cm³/mol. The summed E-state index contributed by atoms with van der Waals surface area (Å²) in [5, 5.41) is 9.81. The molecule has 7 heteroatoms. The Morgan fingerprint density at radius 1 is 1.48 bits per heavy atom. The molecule has 0 aliphatic heterocycles. The quantitative estimate of drug-likeness (QED) is 0.851. The van der Waals surface area contributed by atoms with Crippen LogP contribution in [0.4, 0.5) is 5.82 Å². The van der Waals surface area contributed by atoms with Gasteiger partial charge < -0.3 is 10.8 Å². The van der Waals surface area contributed by atoms with E-state index in [2.05, 4.69) is 32.8 Å². The van der Waals surface area contributed by atoms with Crippen molar-refractivity contribution in [3.8, 4) is 0 Å². The number of carboxylic acid groups (broad SMARTS) is 1. The molecule has 1 saturated carbocycles. The van der Waals surface area contributed by atoms with Crippen molar-refractivity contribution in [1.29, 1.82) is 0 Å². The van der Waals surface area contributed by atoms with Crippen LogP contribution in [0.15, 0.2) is 17.0 Å². The number of fused-ring (bicyclic) bond motifs is 1. The molecule has 0 bridgehead atoms. The summed E-state index contributed by atoms with van der Waals surface area (Å²) in [7, 11) is 0. The Hall–Kier alpha value is -1.63. The van der Waals surface area contributed by atoms with Crippen molar-refractivity contribution in [1.82, 2.24) is 14.4 Å². The Kier molecular flexibility index (Phi) is 3.66. The summed E-state index contributed by atoms with van der Waals surface area (Å²) < 4.78 is 2.58. The number of halogens is 1. The normalized spacial score (nSPS) is 27.9. The molecule has 0 aromatic carbocycles. The van der Waals surface area contributed by atoms with Crippen molar-refractivity contribution in [2.45, 2.75) is 45.4 Å². The monoisotopic (exact) mass is 380 g/mol. The standard InChI is InChI=1S/C16H21BrN4O2/c1-9(2)16(14(22)23)5-4-15(3,8-16)13-20-11(17)10-12(18)19-6-7-21(10)13/h6-7,9H,4-5,8H2,1-3H3,(H2,18,19)(H,22,23)/t15-,16-/m0/s1. The summed E-state index contributed by atoms with van der Waals surface area (Å²) in [5.41, 5.74) is 5.69. The summed E-state index contributed by atoms with van der Waals surface area (Å²) in [4.78, 5) is 20.7. The van der Waals surface area contributed by atoms with Crippen molar-refractivity contribution in [3.05, 3.63) is 22.8 Å². The molecular weight excluding hydrogens is 360 g/mol. The maximum absolute atomic E-state index is 11.9. The number of carboxylic acids is 1. The van der Waals surface area contributed by atoms with Crippen molar-refractivity contribution >= 4 is 33.2 Å². The molecule has 1 aliphatic carbocycles. The van der Waals surface area contributed by atoms with Gasteiger partial charge in [-0.05, 0) is 41.1 Å². The van der Waals surface area contributed by atoms with Crippen LogP contribution >= 0.6 is 15.9 Å². The Morgan fingerprint density at radius 3 is 2.74 bits per heavy atom. The SMILES string of the molecule is CC(C)[C@]1(C(=O)O)CC[C@](C)(c2nc(Br)c3c(N)nccn23)C1. The zero-order valence-corrected chi connectivity index (χ0v) is 15.1. The predicted octanol–water partition coefficient (Wildman–Crippen LogP) is 3.24. The van der Waals surface area contributed by atoms with Gasteiger partial charge in [0.25, 0.3) is 0 Å². The van der Waals surface area contributed by atoms with E-state index in [9.17, 15) is 9.90 Å². The Balaban J connectivity index is 2.13. The highest BCUT2D eigenvalue weighted by molar-refractivity contribution is 9.10. The zero-order valence-electron chi connectivity index (χ0n) is 13.5. The van der Waals surface area contributed by atoms with Gasteiger partial charge in [0.15, 0.2) is 5.82 Å². The number of aliphatic carboxylic acids is 1. The van der Waals surface area contributed by atoms with Gasteiger partial charge in [-0.15, -0.1) is 0 Å². The maximum atomic E-state index is 11.9. The molecule has 1 fully saturated rings. The lowest BCUT2D eigenvalue weighted by Crippen LogP contribution is -2.36. The molecule has 2 aromatic heterocycles. The van der Waals surface area contributed by atoms with E-state index in [1.165, 1.54) is 0 Å². The number of hydrogen-bond acceptors (Lipinski definition) is 4. The first-order valence-corrected chi connectivity index (χ1v) is 8.52. The first-order valence-electron chi connectivity index (χ1n) is 7.73. The lowest BCUT2D eigenvalue weighted by Gasteiger charge is -2.31. The smallest absolute Gasteiger partial charge is 0.309 e. The average Bonchev–Trinajstić information content (AvgIpc) is 3.00. The van der Waals surface area contributed by atoms with Gasteiger partial charge in [0.1, 0.15) is 15.9 Å². The second-order valence-corrected chi connectivity index (χ2v) is 7.86. The van der Waals surface area contributed by atoms with Crippen LogP contribution in [-0.2, 0) is 10.2 Å². The van der Waals surface area contributed by atoms with E-state index in [0.717, 1.165) is 17.8 Å². The van der Waals surface area contributed by atoms with Gasteiger partial charge in [-0.1, -0.05) is 20.8 Å². The molecule has 23 heavy (non-hydrogen) atoms. The minimum absolute atomic E-state index is 0.0724. The van der Waals surface area contributed by atoms with E-state index in [0.29, 0.717) is 23.3 Å². The van der Waals surface area contributed by atoms with Crippen molar-refractivity contribution in [2.75, 3.05) is 5.73 Å². The van der Waals surface area contributed by atoms with E-state index in [-0.39, 0.29) is 11.3 Å². The topological polar surface area (TPSA) is 93.5 Å². The molecule has 0 amide bonds. The van der Waals surface area contributed by atoms with Crippen molar-refractivity contribution in [2.24, 2.45) is 11.3 Å². The van der Waals surface area contributed by atoms with E-state index in [1.807, 2.05) is 24.4 Å². The third-order valence-electron chi connectivity index (χ3n) is 5.44. The van der Waals surface area contributed by atoms with Crippen LogP contribution in [0.5, 0.6) is 0 Å². The molecule has 2 heterocycles. The van der Waals surface area contributed by atoms with Gasteiger partial charge in [0, 0.05) is 17.8 Å². The van der Waals surface area contributed by atoms with E-state index in [4.69, 9.17) is 5.73 Å². The van der Waals surface area contributed by atoms with Crippen molar-refractivity contribution in [3.63, 3.8) is 0 Å². The number of carbonyl (C=O) groups is 1.